The van der Waals surface area contributed by atoms with Crippen molar-refractivity contribution in [2.24, 2.45) is 5.92 Å². The van der Waals surface area contributed by atoms with Gasteiger partial charge >= 0.3 is 5.97 Å². The molecule has 1 amide bonds. The molecule has 1 unspecified atom stereocenters. The summed E-state index contributed by atoms with van der Waals surface area (Å²) in [5, 5.41) is 11.4. The third kappa shape index (κ3) is 3.19. The summed E-state index contributed by atoms with van der Waals surface area (Å²) < 4.78 is 0. The largest absolute Gasteiger partial charge is 0.480 e. The smallest absolute Gasteiger partial charge is 0.326 e. The number of rotatable bonds is 5. The van der Waals surface area contributed by atoms with E-state index >= 15 is 0 Å². The average Bonchev–Trinajstić information content (AvgIpc) is 2.35. The Balaban J connectivity index is 2.89. The third-order valence-corrected chi connectivity index (χ3v) is 2.83. The SMILES string of the molecule is CCC(C)[C@H](NC(=O)c1c[nH]ccc1=O)C(=O)O. The van der Waals surface area contributed by atoms with E-state index < -0.39 is 23.3 Å². The van der Waals surface area contributed by atoms with E-state index in [-0.39, 0.29) is 11.5 Å². The Labute approximate surface area is 104 Å². The number of carbonyl (C=O) groups excluding carboxylic acids is 1. The first-order valence-corrected chi connectivity index (χ1v) is 5.68. The number of aliphatic carboxylic acids is 1. The summed E-state index contributed by atoms with van der Waals surface area (Å²) in [5.74, 6) is -2.00. The molecule has 6 heteroatoms. The second-order valence-corrected chi connectivity index (χ2v) is 4.10. The number of carboxylic acids is 1. The fourth-order valence-electron chi connectivity index (χ4n) is 1.50. The predicted octanol–water partition coefficient (Wildman–Crippen LogP) is 0.604. The number of carbonyl (C=O) groups is 2. The monoisotopic (exact) mass is 252 g/mol. The second-order valence-electron chi connectivity index (χ2n) is 4.10. The van der Waals surface area contributed by atoms with E-state index in [1.165, 1.54) is 18.5 Å². The van der Waals surface area contributed by atoms with Gasteiger partial charge in [-0.3, -0.25) is 9.59 Å². The van der Waals surface area contributed by atoms with Crippen LogP contribution in [0.3, 0.4) is 0 Å². The Morgan fingerprint density at radius 1 is 1.50 bits per heavy atom. The molecule has 0 fully saturated rings. The number of carboxylic acid groups (broad SMARTS) is 1. The van der Waals surface area contributed by atoms with Crippen LogP contribution >= 0.6 is 0 Å². The number of amides is 1. The highest BCUT2D eigenvalue weighted by atomic mass is 16.4. The molecule has 0 spiro atoms. The van der Waals surface area contributed by atoms with Gasteiger partial charge in [0.25, 0.3) is 5.91 Å². The van der Waals surface area contributed by atoms with Crippen molar-refractivity contribution >= 4 is 11.9 Å². The van der Waals surface area contributed by atoms with E-state index in [4.69, 9.17) is 5.11 Å². The number of aromatic nitrogens is 1. The average molecular weight is 252 g/mol. The molecule has 1 aromatic rings. The summed E-state index contributed by atoms with van der Waals surface area (Å²) in [6, 6.07) is 0.218. The van der Waals surface area contributed by atoms with Gasteiger partial charge in [0, 0.05) is 18.5 Å². The minimum atomic E-state index is -1.11. The van der Waals surface area contributed by atoms with Gasteiger partial charge < -0.3 is 15.4 Å². The Morgan fingerprint density at radius 2 is 2.17 bits per heavy atom. The minimum absolute atomic E-state index is 0.0907. The summed E-state index contributed by atoms with van der Waals surface area (Å²) in [7, 11) is 0. The molecule has 1 rings (SSSR count). The Hall–Kier alpha value is -2.11. The molecule has 3 N–H and O–H groups in total. The van der Waals surface area contributed by atoms with E-state index in [0.29, 0.717) is 6.42 Å². The van der Waals surface area contributed by atoms with Gasteiger partial charge in [0.1, 0.15) is 11.6 Å². The van der Waals surface area contributed by atoms with E-state index in [9.17, 15) is 14.4 Å². The molecule has 1 heterocycles. The van der Waals surface area contributed by atoms with Crippen molar-refractivity contribution in [3.63, 3.8) is 0 Å². The van der Waals surface area contributed by atoms with Gasteiger partial charge in [-0.2, -0.15) is 0 Å². The summed E-state index contributed by atoms with van der Waals surface area (Å²) in [4.78, 5) is 36.9. The molecule has 6 nitrogen and oxygen atoms in total. The van der Waals surface area contributed by atoms with Crippen molar-refractivity contribution < 1.29 is 14.7 Å². The van der Waals surface area contributed by atoms with Crippen LogP contribution < -0.4 is 10.7 Å². The zero-order valence-corrected chi connectivity index (χ0v) is 10.3. The molecular formula is C12H16N2O4. The lowest BCUT2D eigenvalue weighted by atomic mass is 9.99. The highest BCUT2D eigenvalue weighted by Gasteiger charge is 2.26. The van der Waals surface area contributed by atoms with Crippen molar-refractivity contribution in [2.75, 3.05) is 0 Å². The molecule has 18 heavy (non-hydrogen) atoms. The molecule has 2 atom stereocenters. The van der Waals surface area contributed by atoms with Crippen molar-refractivity contribution in [3.8, 4) is 0 Å². The molecule has 0 saturated heterocycles. The van der Waals surface area contributed by atoms with Crippen LogP contribution in [0.25, 0.3) is 0 Å². The lowest BCUT2D eigenvalue weighted by Gasteiger charge is -2.19. The van der Waals surface area contributed by atoms with Crippen LogP contribution in [-0.2, 0) is 4.79 Å². The third-order valence-electron chi connectivity index (χ3n) is 2.83. The van der Waals surface area contributed by atoms with Gasteiger partial charge in [-0.1, -0.05) is 20.3 Å². The number of nitrogens with one attached hydrogen (secondary N) is 2. The van der Waals surface area contributed by atoms with Crippen LogP contribution in [0.15, 0.2) is 23.3 Å². The van der Waals surface area contributed by atoms with Crippen molar-refractivity contribution in [1.29, 1.82) is 0 Å². The number of hydrogen-bond donors (Lipinski definition) is 3. The van der Waals surface area contributed by atoms with Crippen LogP contribution in [0.4, 0.5) is 0 Å². The van der Waals surface area contributed by atoms with Gasteiger partial charge in [0.15, 0.2) is 5.43 Å². The Kier molecular flexibility index (Phi) is 4.65. The molecule has 0 aromatic carbocycles. The van der Waals surface area contributed by atoms with Gasteiger partial charge in [-0.15, -0.1) is 0 Å². The number of aromatic amines is 1. The minimum Gasteiger partial charge on any atom is -0.480 e. The van der Waals surface area contributed by atoms with Crippen molar-refractivity contribution in [2.45, 2.75) is 26.3 Å². The quantitative estimate of drug-likeness (QED) is 0.714. The highest BCUT2D eigenvalue weighted by molar-refractivity contribution is 5.96. The van der Waals surface area contributed by atoms with Crippen LogP contribution in [0.5, 0.6) is 0 Å². The first kappa shape index (κ1) is 14.0. The molecule has 1 aromatic heterocycles. The van der Waals surface area contributed by atoms with E-state index in [0.717, 1.165) is 0 Å². The van der Waals surface area contributed by atoms with Crippen LogP contribution in [-0.4, -0.2) is 28.0 Å². The fourth-order valence-corrected chi connectivity index (χ4v) is 1.50. The maximum atomic E-state index is 11.8. The van der Waals surface area contributed by atoms with E-state index in [1.807, 2.05) is 6.92 Å². The summed E-state index contributed by atoms with van der Waals surface area (Å²) in [6.45, 7) is 3.57. The van der Waals surface area contributed by atoms with Gasteiger partial charge in [-0.05, 0) is 5.92 Å². The molecule has 0 aliphatic heterocycles. The van der Waals surface area contributed by atoms with Crippen LogP contribution in [0.1, 0.15) is 30.6 Å². The zero-order valence-electron chi connectivity index (χ0n) is 10.3. The maximum Gasteiger partial charge on any atom is 0.326 e. The Morgan fingerprint density at radius 3 is 2.67 bits per heavy atom. The van der Waals surface area contributed by atoms with Gasteiger partial charge in [0.05, 0.1) is 0 Å². The first-order valence-electron chi connectivity index (χ1n) is 5.68. The lowest BCUT2D eigenvalue weighted by molar-refractivity contribution is -0.140. The number of H-pyrrole nitrogens is 1. The van der Waals surface area contributed by atoms with Gasteiger partial charge in [0.2, 0.25) is 0 Å². The van der Waals surface area contributed by atoms with Crippen LogP contribution in [0.2, 0.25) is 0 Å². The van der Waals surface area contributed by atoms with Crippen molar-refractivity contribution in [1.82, 2.24) is 10.3 Å². The molecule has 0 saturated carbocycles. The number of pyridine rings is 1. The molecule has 0 bridgehead atoms. The summed E-state index contributed by atoms with van der Waals surface area (Å²) in [5.41, 5.74) is -0.536. The maximum absolute atomic E-state index is 11.8. The van der Waals surface area contributed by atoms with Crippen LogP contribution in [0, 0.1) is 5.92 Å². The molecule has 0 aliphatic carbocycles. The lowest BCUT2D eigenvalue weighted by Crippen LogP contribution is -2.46. The molecular weight excluding hydrogens is 236 g/mol. The predicted molar refractivity (Wildman–Crippen MR) is 65.4 cm³/mol. The van der Waals surface area contributed by atoms with Gasteiger partial charge in [-0.25, -0.2) is 4.79 Å². The highest BCUT2D eigenvalue weighted by Crippen LogP contribution is 2.08. The molecule has 0 aliphatic rings. The first-order chi connectivity index (χ1) is 8.47. The standard InChI is InChI=1S/C12H16N2O4/c1-3-7(2)10(12(17)18)14-11(16)8-6-13-5-4-9(8)15/h4-7,10H,3H2,1-2H3,(H,13,15)(H,14,16)(H,17,18)/t7?,10-/m0/s1. The summed E-state index contributed by atoms with van der Waals surface area (Å²) in [6.07, 6.45) is 3.28. The molecule has 98 valence electrons. The number of hydrogen-bond acceptors (Lipinski definition) is 3. The normalized spacial score (nSPS) is 13.7. The topological polar surface area (TPSA) is 99.3 Å². The van der Waals surface area contributed by atoms with Crippen molar-refractivity contribution in [3.05, 3.63) is 34.2 Å². The summed E-state index contributed by atoms with van der Waals surface area (Å²) >= 11 is 0. The van der Waals surface area contributed by atoms with E-state index in [1.54, 1.807) is 6.92 Å². The zero-order chi connectivity index (χ0) is 13.7. The second kappa shape index (κ2) is 6.00. The fraction of sp³-hybridized carbons (Fsp3) is 0.417. The Bertz CT molecular complexity index is 495. The van der Waals surface area contributed by atoms with E-state index in [2.05, 4.69) is 10.3 Å². The molecule has 0 radical (unpaired) electrons.